The van der Waals surface area contributed by atoms with Gasteiger partial charge in [0.15, 0.2) is 12.0 Å². The summed E-state index contributed by atoms with van der Waals surface area (Å²) in [7, 11) is 0. The van der Waals surface area contributed by atoms with E-state index in [0.717, 1.165) is 16.7 Å². The van der Waals surface area contributed by atoms with Crippen LogP contribution in [-0.2, 0) is 0 Å². The summed E-state index contributed by atoms with van der Waals surface area (Å²) < 4.78 is 5.51. The van der Waals surface area contributed by atoms with Gasteiger partial charge in [-0.05, 0) is 35.4 Å². The van der Waals surface area contributed by atoms with Gasteiger partial charge in [0.2, 0.25) is 0 Å². The van der Waals surface area contributed by atoms with E-state index in [4.69, 9.17) is 9.68 Å². The van der Waals surface area contributed by atoms with Gasteiger partial charge in [0, 0.05) is 5.56 Å². The van der Waals surface area contributed by atoms with Crippen molar-refractivity contribution in [3.8, 4) is 28.5 Å². The molecule has 0 aliphatic heterocycles. The second-order valence-electron chi connectivity index (χ2n) is 4.55. The zero-order valence-electron chi connectivity index (χ0n) is 11.1. The maximum absolute atomic E-state index is 10.8. The first-order valence-corrected chi connectivity index (χ1v) is 6.47. The summed E-state index contributed by atoms with van der Waals surface area (Å²) in [5.74, 6) is 0.955. The monoisotopic (exact) mass is 273 g/mol. The largest absolute Gasteiger partial charge is 0.453 e. The van der Waals surface area contributed by atoms with Gasteiger partial charge in [0.25, 0.3) is 0 Å². The first kappa shape index (κ1) is 12.9. The Bertz CT molecular complexity index is 823. The second-order valence-corrected chi connectivity index (χ2v) is 4.55. The van der Waals surface area contributed by atoms with Crippen LogP contribution in [0.3, 0.4) is 0 Å². The summed E-state index contributed by atoms with van der Waals surface area (Å²) in [6.45, 7) is 0. The van der Waals surface area contributed by atoms with Crippen LogP contribution in [0.2, 0.25) is 0 Å². The zero-order chi connectivity index (χ0) is 14.7. The van der Waals surface area contributed by atoms with Crippen LogP contribution in [0.5, 0.6) is 0 Å². The van der Waals surface area contributed by atoms with Crippen molar-refractivity contribution in [2.24, 2.45) is 0 Å². The summed E-state index contributed by atoms with van der Waals surface area (Å²) in [4.78, 5) is 10.8. The standard InChI is InChI=1S/C18H11NO2/c19-11-13-5-7-14(8-6-13)16-3-1-2-4-17(16)18-10-9-15(12-20)21-18/h1-10,12H. The Labute approximate surface area is 122 Å². The molecule has 0 aliphatic carbocycles. The fraction of sp³-hybridized carbons (Fsp3) is 0. The van der Waals surface area contributed by atoms with Crippen LogP contribution in [0, 0.1) is 11.3 Å². The van der Waals surface area contributed by atoms with Gasteiger partial charge in [-0.15, -0.1) is 0 Å². The van der Waals surface area contributed by atoms with Crippen LogP contribution < -0.4 is 0 Å². The average molecular weight is 273 g/mol. The fourth-order valence-electron chi connectivity index (χ4n) is 2.23. The lowest BCUT2D eigenvalue weighted by molar-refractivity contribution is 0.110. The highest BCUT2D eigenvalue weighted by molar-refractivity contribution is 5.82. The van der Waals surface area contributed by atoms with Crippen LogP contribution in [-0.4, -0.2) is 6.29 Å². The van der Waals surface area contributed by atoms with Crippen molar-refractivity contribution in [3.05, 3.63) is 72.0 Å². The molecule has 0 saturated carbocycles. The van der Waals surface area contributed by atoms with Crippen LogP contribution in [0.15, 0.2) is 65.1 Å². The van der Waals surface area contributed by atoms with Crippen molar-refractivity contribution in [1.82, 2.24) is 0 Å². The van der Waals surface area contributed by atoms with Gasteiger partial charge < -0.3 is 4.42 Å². The SMILES string of the molecule is N#Cc1ccc(-c2ccccc2-c2ccc(C=O)o2)cc1. The molecule has 1 aromatic heterocycles. The number of carbonyl (C=O) groups excluding carboxylic acids is 1. The molecule has 0 spiro atoms. The number of rotatable bonds is 3. The lowest BCUT2D eigenvalue weighted by Gasteiger charge is -2.07. The number of benzene rings is 2. The topological polar surface area (TPSA) is 54.0 Å². The molecule has 3 nitrogen and oxygen atoms in total. The van der Waals surface area contributed by atoms with Gasteiger partial charge >= 0.3 is 0 Å². The van der Waals surface area contributed by atoms with Crippen LogP contribution in [0.1, 0.15) is 16.1 Å². The molecule has 0 fully saturated rings. The Morgan fingerprint density at radius 2 is 1.62 bits per heavy atom. The van der Waals surface area contributed by atoms with Crippen LogP contribution in [0.25, 0.3) is 22.5 Å². The van der Waals surface area contributed by atoms with Crippen molar-refractivity contribution in [2.45, 2.75) is 0 Å². The van der Waals surface area contributed by atoms with E-state index in [1.807, 2.05) is 36.4 Å². The molecule has 3 heteroatoms. The third-order valence-corrected chi connectivity index (χ3v) is 3.26. The molecule has 100 valence electrons. The van der Waals surface area contributed by atoms with Gasteiger partial charge in [-0.25, -0.2) is 0 Å². The molecule has 0 N–H and O–H groups in total. The molecule has 21 heavy (non-hydrogen) atoms. The minimum atomic E-state index is 0.305. The number of furan rings is 1. The summed E-state index contributed by atoms with van der Waals surface area (Å²) in [5, 5.41) is 8.86. The molecule has 2 aromatic carbocycles. The molecule has 1 heterocycles. The Hall–Kier alpha value is -3.12. The Morgan fingerprint density at radius 3 is 2.24 bits per heavy atom. The van der Waals surface area contributed by atoms with E-state index < -0.39 is 0 Å². The number of hydrogen-bond acceptors (Lipinski definition) is 3. The van der Waals surface area contributed by atoms with E-state index in [1.165, 1.54) is 0 Å². The summed E-state index contributed by atoms with van der Waals surface area (Å²) in [6.07, 6.45) is 0.688. The van der Waals surface area contributed by atoms with E-state index >= 15 is 0 Å². The van der Waals surface area contributed by atoms with E-state index in [9.17, 15) is 4.79 Å². The predicted octanol–water partition coefficient (Wildman–Crippen LogP) is 4.30. The first-order chi connectivity index (χ1) is 10.3. The number of hydrogen-bond donors (Lipinski definition) is 0. The van der Waals surface area contributed by atoms with Gasteiger partial charge in [0.1, 0.15) is 5.76 Å². The normalized spacial score (nSPS) is 10.0. The van der Waals surface area contributed by atoms with Crippen molar-refractivity contribution in [1.29, 1.82) is 5.26 Å². The molecular formula is C18H11NO2. The maximum atomic E-state index is 10.8. The fourth-order valence-corrected chi connectivity index (χ4v) is 2.23. The molecule has 3 rings (SSSR count). The average Bonchev–Trinajstić information content (AvgIpc) is 3.04. The molecule has 0 atom stereocenters. The summed E-state index contributed by atoms with van der Waals surface area (Å²) in [5.41, 5.74) is 3.52. The minimum Gasteiger partial charge on any atom is -0.453 e. The molecule has 0 unspecified atom stereocenters. The molecule has 3 aromatic rings. The van der Waals surface area contributed by atoms with E-state index in [0.29, 0.717) is 23.4 Å². The molecule has 0 amide bonds. The van der Waals surface area contributed by atoms with Crippen LogP contribution in [0.4, 0.5) is 0 Å². The van der Waals surface area contributed by atoms with Crippen molar-refractivity contribution in [2.75, 3.05) is 0 Å². The smallest absolute Gasteiger partial charge is 0.185 e. The van der Waals surface area contributed by atoms with Crippen molar-refractivity contribution >= 4 is 6.29 Å². The lowest BCUT2D eigenvalue weighted by atomic mass is 9.97. The summed E-state index contributed by atoms with van der Waals surface area (Å²) in [6, 6.07) is 20.7. The highest BCUT2D eigenvalue weighted by atomic mass is 16.3. The van der Waals surface area contributed by atoms with Gasteiger partial charge in [-0.2, -0.15) is 5.26 Å². The third-order valence-electron chi connectivity index (χ3n) is 3.26. The highest BCUT2D eigenvalue weighted by Gasteiger charge is 2.10. The molecule has 0 aliphatic rings. The van der Waals surface area contributed by atoms with Crippen molar-refractivity contribution < 1.29 is 9.21 Å². The maximum Gasteiger partial charge on any atom is 0.185 e. The van der Waals surface area contributed by atoms with Crippen LogP contribution >= 0.6 is 0 Å². The minimum absolute atomic E-state index is 0.305. The summed E-state index contributed by atoms with van der Waals surface area (Å²) >= 11 is 0. The zero-order valence-corrected chi connectivity index (χ0v) is 11.1. The third kappa shape index (κ3) is 2.47. The van der Waals surface area contributed by atoms with E-state index in [1.54, 1.807) is 24.3 Å². The Kier molecular flexibility index (Phi) is 3.36. The van der Waals surface area contributed by atoms with Gasteiger partial charge in [-0.3, -0.25) is 4.79 Å². The Morgan fingerprint density at radius 1 is 0.905 bits per heavy atom. The first-order valence-electron chi connectivity index (χ1n) is 6.47. The molecule has 0 saturated heterocycles. The molecule has 0 radical (unpaired) electrons. The number of nitriles is 1. The van der Waals surface area contributed by atoms with Gasteiger partial charge in [0.05, 0.1) is 11.6 Å². The molecule has 0 bridgehead atoms. The van der Waals surface area contributed by atoms with Gasteiger partial charge in [-0.1, -0.05) is 36.4 Å². The lowest BCUT2D eigenvalue weighted by Crippen LogP contribution is -1.84. The number of nitrogens with zero attached hydrogens (tertiary/aromatic N) is 1. The van der Waals surface area contributed by atoms with E-state index in [-0.39, 0.29) is 0 Å². The number of carbonyl (C=O) groups is 1. The Balaban J connectivity index is 2.10. The molecular weight excluding hydrogens is 262 g/mol. The van der Waals surface area contributed by atoms with E-state index in [2.05, 4.69) is 6.07 Å². The predicted molar refractivity (Wildman–Crippen MR) is 79.7 cm³/mol. The quantitative estimate of drug-likeness (QED) is 0.668. The highest BCUT2D eigenvalue weighted by Crippen LogP contribution is 2.32. The van der Waals surface area contributed by atoms with Crippen molar-refractivity contribution in [3.63, 3.8) is 0 Å². The second kappa shape index (κ2) is 5.48. The number of aldehydes is 1.